The molecular weight excluding hydrogens is 394 g/mol. The number of nitrogens with one attached hydrogen (secondary N) is 1. The topological polar surface area (TPSA) is 64.0 Å². The number of hydrogen-bond donors (Lipinski definition) is 1. The van der Waals surface area contributed by atoms with E-state index in [1.54, 1.807) is 25.1 Å². The van der Waals surface area contributed by atoms with Crippen LogP contribution in [0.4, 0.5) is 5.69 Å². The van der Waals surface area contributed by atoms with E-state index in [0.29, 0.717) is 15.7 Å². The maximum atomic E-state index is 12.5. The molecule has 3 aromatic rings. The summed E-state index contributed by atoms with van der Waals surface area (Å²) in [5.74, 6) is -0.131. The van der Waals surface area contributed by atoms with Gasteiger partial charge in [0.15, 0.2) is 0 Å². The first kappa shape index (κ1) is 20.2. The number of thioether (sulfide) groups is 1. The molecular formula is C21H20ClN3O2S. The van der Waals surface area contributed by atoms with Crippen LogP contribution in [0.15, 0.2) is 64.4 Å². The summed E-state index contributed by atoms with van der Waals surface area (Å²) in [6.07, 6.45) is 0. The van der Waals surface area contributed by atoms with Gasteiger partial charge in [-0.05, 0) is 62.2 Å². The Kier molecular flexibility index (Phi) is 6.21. The molecule has 5 nitrogen and oxygen atoms in total. The molecule has 28 heavy (non-hydrogen) atoms. The van der Waals surface area contributed by atoms with Gasteiger partial charge in [-0.2, -0.15) is 9.78 Å². The molecule has 0 saturated heterocycles. The molecule has 1 N–H and O–H groups in total. The first-order valence-electron chi connectivity index (χ1n) is 8.74. The fourth-order valence-electron chi connectivity index (χ4n) is 2.56. The highest BCUT2D eigenvalue weighted by Gasteiger charge is 2.16. The number of carbonyl (C=O) groups excluding carboxylic acids is 1. The van der Waals surface area contributed by atoms with Crippen LogP contribution in [0.1, 0.15) is 18.1 Å². The zero-order valence-corrected chi connectivity index (χ0v) is 17.3. The van der Waals surface area contributed by atoms with Crippen LogP contribution in [-0.2, 0) is 4.79 Å². The van der Waals surface area contributed by atoms with Gasteiger partial charge in [-0.15, -0.1) is 0 Å². The predicted molar refractivity (Wildman–Crippen MR) is 115 cm³/mol. The Hall–Kier alpha value is -2.57. The van der Waals surface area contributed by atoms with E-state index in [9.17, 15) is 9.59 Å². The lowest BCUT2D eigenvalue weighted by atomic mass is 10.2. The van der Waals surface area contributed by atoms with Crippen molar-refractivity contribution in [1.82, 2.24) is 9.78 Å². The first-order chi connectivity index (χ1) is 13.3. The molecule has 0 saturated carbocycles. The van der Waals surface area contributed by atoms with Crippen molar-refractivity contribution in [2.75, 3.05) is 5.32 Å². The largest absolute Gasteiger partial charge is 0.325 e. The van der Waals surface area contributed by atoms with Gasteiger partial charge in [0.1, 0.15) is 5.03 Å². The molecule has 144 valence electrons. The van der Waals surface area contributed by atoms with Crippen molar-refractivity contribution in [3.8, 4) is 5.69 Å². The molecule has 0 fully saturated rings. The van der Waals surface area contributed by atoms with E-state index < -0.39 is 0 Å². The number of hydrogen-bond acceptors (Lipinski definition) is 4. The number of aryl methyl sites for hydroxylation is 2. The minimum Gasteiger partial charge on any atom is -0.325 e. The Balaban J connectivity index is 1.77. The minimum absolute atomic E-state index is 0.131. The average Bonchev–Trinajstić information content (AvgIpc) is 2.65. The Bertz CT molecular complexity index is 1080. The van der Waals surface area contributed by atoms with Gasteiger partial charge in [0.2, 0.25) is 5.91 Å². The number of anilines is 1. The van der Waals surface area contributed by atoms with Crippen LogP contribution in [-0.4, -0.2) is 20.9 Å². The highest BCUT2D eigenvalue weighted by molar-refractivity contribution is 8.00. The van der Waals surface area contributed by atoms with Crippen molar-refractivity contribution < 1.29 is 4.79 Å². The van der Waals surface area contributed by atoms with E-state index in [0.717, 1.165) is 16.8 Å². The lowest BCUT2D eigenvalue weighted by molar-refractivity contribution is -0.115. The summed E-state index contributed by atoms with van der Waals surface area (Å²) in [5.41, 5.74) is 3.07. The number of halogens is 1. The van der Waals surface area contributed by atoms with Crippen LogP contribution >= 0.6 is 23.4 Å². The van der Waals surface area contributed by atoms with E-state index in [2.05, 4.69) is 10.4 Å². The van der Waals surface area contributed by atoms with Crippen LogP contribution in [0, 0.1) is 13.8 Å². The maximum absolute atomic E-state index is 12.5. The molecule has 1 amide bonds. The van der Waals surface area contributed by atoms with Gasteiger partial charge in [-0.25, -0.2) is 0 Å². The van der Waals surface area contributed by atoms with Gasteiger partial charge in [-0.1, -0.05) is 41.6 Å². The number of nitrogens with zero attached hydrogens (tertiary/aromatic N) is 2. The fourth-order valence-corrected chi connectivity index (χ4v) is 3.54. The number of benzene rings is 2. The molecule has 1 aromatic heterocycles. The smallest absolute Gasteiger partial charge is 0.271 e. The Labute approximate surface area is 172 Å². The third-order valence-electron chi connectivity index (χ3n) is 4.13. The Morgan fingerprint density at radius 2 is 1.93 bits per heavy atom. The van der Waals surface area contributed by atoms with Crippen molar-refractivity contribution in [3.63, 3.8) is 0 Å². The number of rotatable bonds is 5. The van der Waals surface area contributed by atoms with Gasteiger partial charge in [0.05, 0.1) is 10.9 Å². The summed E-state index contributed by atoms with van der Waals surface area (Å²) in [6, 6.07) is 16.0. The van der Waals surface area contributed by atoms with Crippen molar-refractivity contribution >= 4 is 35.0 Å². The van der Waals surface area contributed by atoms with Crippen molar-refractivity contribution in [2.24, 2.45) is 0 Å². The second kappa shape index (κ2) is 8.63. The monoisotopic (exact) mass is 413 g/mol. The van der Waals surface area contributed by atoms with Crippen LogP contribution in [0.3, 0.4) is 0 Å². The zero-order valence-electron chi connectivity index (χ0n) is 15.8. The lowest BCUT2D eigenvalue weighted by Gasteiger charge is -2.13. The number of amides is 1. The second-order valence-electron chi connectivity index (χ2n) is 6.47. The van der Waals surface area contributed by atoms with Gasteiger partial charge in [0, 0.05) is 16.8 Å². The van der Waals surface area contributed by atoms with Crippen LogP contribution in [0.25, 0.3) is 5.69 Å². The van der Waals surface area contributed by atoms with Crippen molar-refractivity contribution in [1.29, 1.82) is 0 Å². The van der Waals surface area contributed by atoms with Crippen LogP contribution in [0.5, 0.6) is 0 Å². The van der Waals surface area contributed by atoms with E-state index in [4.69, 9.17) is 11.6 Å². The van der Waals surface area contributed by atoms with Gasteiger partial charge in [-0.3, -0.25) is 9.59 Å². The molecule has 1 heterocycles. The molecule has 0 aliphatic heterocycles. The average molecular weight is 414 g/mol. The molecule has 7 heteroatoms. The van der Waals surface area contributed by atoms with Crippen LogP contribution in [0.2, 0.25) is 5.02 Å². The normalized spacial score (nSPS) is 11.9. The molecule has 0 spiro atoms. The molecule has 0 radical (unpaired) electrons. The molecule has 0 aliphatic rings. The molecule has 0 unspecified atom stereocenters. The minimum atomic E-state index is -0.388. The summed E-state index contributed by atoms with van der Waals surface area (Å²) >= 11 is 7.45. The van der Waals surface area contributed by atoms with E-state index >= 15 is 0 Å². The zero-order chi connectivity index (χ0) is 20.3. The van der Waals surface area contributed by atoms with E-state index in [1.165, 1.54) is 22.5 Å². The summed E-state index contributed by atoms with van der Waals surface area (Å²) < 4.78 is 1.29. The second-order valence-corrected chi connectivity index (χ2v) is 8.24. The van der Waals surface area contributed by atoms with E-state index in [-0.39, 0.29) is 16.7 Å². The third kappa shape index (κ3) is 4.82. The summed E-state index contributed by atoms with van der Waals surface area (Å²) in [7, 11) is 0. The lowest BCUT2D eigenvalue weighted by Crippen LogP contribution is -2.24. The first-order valence-corrected chi connectivity index (χ1v) is 10.0. The van der Waals surface area contributed by atoms with Gasteiger partial charge >= 0.3 is 0 Å². The third-order valence-corrected chi connectivity index (χ3v) is 5.56. The highest BCUT2D eigenvalue weighted by Crippen LogP contribution is 2.23. The van der Waals surface area contributed by atoms with Gasteiger partial charge < -0.3 is 5.32 Å². The number of carbonyl (C=O) groups is 1. The van der Waals surface area contributed by atoms with E-state index in [1.807, 2.05) is 44.2 Å². The molecule has 3 rings (SSSR count). The Morgan fingerprint density at radius 1 is 1.14 bits per heavy atom. The molecule has 0 aliphatic carbocycles. The Morgan fingerprint density at radius 3 is 2.64 bits per heavy atom. The van der Waals surface area contributed by atoms with Crippen molar-refractivity contribution in [3.05, 3.63) is 81.1 Å². The van der Waals surface area contributed by atoms with Gasteiger partial charge in [0.25, 0.3) is 5.56 Å². The van der Waals surface area contributed by atoms with Crippen LogP contribution < -0.4 is 10.9 Å². The molecule has 1 atom stereocenters. The van der Waals surface area contributed by atoms with Crippen molar-refractivity contribution in [2.45, 2.75) is 31.0 Å². The summed E-state index contributed by atoms with van der Waals surface area (Å²) in [5, 5.41) is 8.03. The number of aromatic nitrogens is 2. The summed E-state index contributed by atoms with van der Waals surface area (Å²) in [4.78, 5) is 24.7. The SMILES string of the molecule is Cc1cccc(NC(=O)[C@@H](C)Sc2ccc(=O)n(-c3ccc(C)c(Cl)c3)n2)c1. The maximum Gasteiger partial charge on any atom is 0.271 e. The standard InChI is InChI=1S/C21H20ClN3O2S/c1-13-5-4-6-16(11-13)23-21(27)15(3)28-19-9-10-20(26)25(24-19)17-8-7-14(2)18(22)12-17/h4-12,15H,1-3H3,(H,23,27)/t15-/m1/s1. The fraction of sp³-hybridized carbons (Fsp3) is 0.190. The highest BCUT2D eigenvalue weighted by atomic mass is 35.5. The molecule has 0 bridgehead atoms. The quantitative estimate of drug-likeness (QED) is 0.620. The molecule has 2 aromatic carbocycles. The predicted octanol–water partition coefficient (Wildman–Crippen LogP) is 4.62. The summed E-state index contributed by atoms with van der Waals surface area (Å²) in [6.45, 7) is 5.66.